The van der Waals surface area contributed by atoms with E-state index in [0.29, 0.717) is 19.6 Å². The Morgan fingerprint density at radius 1 is 1.37 bits per heavy atom. The van der Waals surface area contributed by atoms with Crippen LogP contribution in [0, 0.1) is 5.41 Å². The van der Waals surface area contributed by atoms with Crippen molar-refractivity contribution in [2.24, 2.45) is 11.1 Å². The maximum atomic E-state index is 11.7. The number of ether oxygens (including phenoxy) is 2. The third-order valence-corrected chi connectivity index (χ3v) is 2.79. The molecule has 1 heterocycles. The Labute approximate surface area is 111 Å². The zero-order valence-corrected chi connectivity index (χ0v) is 11.4. The second-order valence-electron chi connectivity index (χ2n) is 5.56. The lowest BCUT2D eigenvalue weighted by Gasteiger charge is -2.29. The summed E-state index contributed by atoms with van der Waals surface area (Å²) in [6.45, 7) is 6.05. The minimum Gasteiger partial charge on any atom is -0.444 e. The summed E-state index contributed by atoms with van der Waals surface area (Å²) >= 11 is 0. The maximum Gasteiger partial charge on any atom is 0.408 e. The molecule has 0 aromatic heterocycles. The van der Waals surface area contributed by atoms with Crippen molar-refractivity contribution in [2.75, 3.05) is 13.2 Å². The highest BCUT2D eigenvalue weighted by molar-refractivity contribution is 6.38. The van der Waals surface area contributed by atoms with Gasteiger partial charge in [0.25, 0.3) is 5.91 Å². The Morgan fingerprint density at radius 2 is 2.00 bits per heavy atom. The van der Waals surface area contributed by atoms with Crippen LogP contribution in [0.25, 0.3) is 0 Å². The van der Waals surface area contributed by atoms with Gasteiger partial charge in [0.1, 0.15) is 12.1 Å². The molecular formula is C12H20N2O5. The number of amides is 2. The molecule has 0 radical (unpaired) electrons. The predicted molar refractivity (Wildman–Crippen MR) is 66.3 cm³/mol. The number of nitrogens with two attached hydrogens (primary N) is 1. The van der Waals surface area contributed by atoms with Gasteiger partial charge in [-0.15, -0.1) is 0 Å². The third-order valence-electron chi connectivity index (χ3n) is 2.79. The van der Waals surface area contributed by atoms with E-state index in [2.05, 4.69) is 5.32 Å². The van der Waals surface area contributed by atoms with Crippen molar-refractivity contribution in [1.29, 1.82) is 0 Å². The molecule has 1 aliphatic heterocycles. The zero-order valence-electron chi connectivity index (χ0n) is 11.4. The summed E-state index contributed by atoms with van der Waals surface area (Å²) in [6.07, 6.45) is -0.438. The Morgan fingerprint density at radius 3 is 2.42 bits per heavy atom. The summed E-state index contributed by atoms with van der Waals surface area (Å²) < 4.78 is 10.2. The van der Waals surface area contributed by atoms with Crippen LogP contribution in [-0.2, 0) is 19.1 Å². The molecule has 0 aromatic carbocycles. The largest absolute Gasteiger partial charge is 0.444 e. The topological polar surface area (TPSA) is 108 Å². The van der Waals surface area contributed by atoms with Crippen LogP contribution < -0.4 is 11.1 Å². The lowest BCUT2D eigenvalue weighted by molar-refractivity contribution is -0.138. The Hall–Kier alpha value is -1.63. The molecule has 0 saturated carbocycles. The van der Waals surface area contributed by atoms with E-state index >= 15 is 0 Å². The van der Waals surface area contributed by atoms with E-state index in [1.54, 1.807) is 20.8 Å². The highest BCUT2D eigenvalue weighted by Gasteiger charge is 2.36. The second-order valence-corrected chi connectivity index (χ2v) is 5.56. The van der Waals surface area contributed by atoms with Gasteiger partial charge in [-0.25, -0.2) is 4.79 Å². The smallest absolute Gasteiger partial charge is 0.408 e. The first-order chi connectivity index (χ1) is 8.71. The molecule has 0 aromatic rings. The molecule has 7 heteroatoms. The molecule has 108 valence electrons. The standard InChI is InChI=1S/C12H20N2O5/c1-12(2,3)9(8(15)10(13)16)14-11(17)19-7-4-5-18-6-7/h7,9H,4-6H2,1-3H3,(H2,13,16)(H,14,17)/t7-,9+/m0/s1. The minimum absolute atomic E-state index is 0.315. The highest BCUT2D eigenvalue weighted by Crippen LogP contribution is 2.20. The Bertz CT molecular complexity index is 369. The zero-order chi connectivity index (χ0) is 14.6. The summed E-state index contributed by atoms with van der Waals surface area (Å²) in [4.78, 5) is 34.4. The van der Waals surface area contributed by atoms with Gasteiger partial charge in [-0.1, -0.05) is 20.8 Å². The Balaban J connectivity index is 2.64. The van der Waals surface area contributed by atoms with Crippen molar-refractivity contribution < 1.29 is 23.9 Å². The van der Waals surface area contributed by atoms with Gasteiger partial charge in [0.15, 0.2) is 0 Å². The van der Waals surface area contributed by atoms with Gasteiger partial charge in [0, 0.05) is 6.42 Å². The van der Waals surface area contributed by atoms with Crippen LogP contribution in [0.5, 0.6) is 0 Å². The number of ketones is 1. The van der Waals surface area contributed by atoms with E-state index in [-0.39, 0.29) is 6.10 Å². The van der Waals surface area contributed by atoms with Gasteiger partial charge >= 0.3 is 6.09 Å². The third kappa shape index (κ3) is 4.51. The van der Waals surface area contributed by atoms with Gasteiger partial charge < -0.3 is 20.5 Å². The average Bonchev–Trinajstić information content (AvgIpc) is 2.75. The highest BCUT2D eigenvalue weighted by atomic mass is 16.6. The molecule has 0 bridgehead atoms. The molecule has 2 amide bonds. The molecule has 3 N–H and O–H groups in total. The van der Waals surface area contributed by atoms with Crippen LogP contribution in [-0.4, -0.2) is 43.1 Å². The van der Waals surface area contributed by atoms with Gasteiger partial charge in [-0.05, 0) is 5.41 Å². The number of hydrogen-bond donors (Lipinski definition) is 2. The van der Waals surface area contributed by atoms with E-state index in [9.17, 15) is 14.4 Å². The number of rotatable bonds is 4. The molecule has 2 atom stereocenters. The SMILES string of the molecule is CC(C)(C)[C@H](NC(=O)O[C@H]1CCOC1)C(=O)C(N)=O. The van der Waals surface area contributed by atoms with E-state index < -0.39 is 29.2 Å². The molecule has 1 saturated heterocycles. The quantitative estimate of drug-likeness (QED) is 0.699. The first kappa shape index (κ1) is 15.4. The van der Waals surface area contributed by atoms with E-state index in [1.807, 2.05) is 0 Å². The number of carbonyl (C=O) groups is 3. The fourth-order valence-corrected chi connectivity index (χ4v) is 1.73. The van der Waals surface area contributed by atoms with Crippen molar-refractivity contribution in [2.45, 2.75) is 39.3 Å². The van der Waals surface area contributed by atoms with Gasteiger partial charge in [0.2, 0.25) is 5.78 Å². The fourth-order valence-electron chi connectivity index (χ4n) is 1.73. The monoisotopic (exact) mass is 272 g/mol. The van der Waals surface area contributed by atoms with Crippen LogP contribution in [0.3, 0.4) is 0 Å². The van der Waals surface area contributed by atoms with Crippen molar-refractivity contribution in [3.63, 3.8) is 0 Å². The lowest BCUT2D eigenvalue weighted by atomic mass is 9.84. The fraction of sp³-hybridized carbons (Fsp3) is 0.750. The van der Waals surface area contributed by atoms with Crippen LogP contribution in [0.4, 0.5) is 4.79 Å². The molecule has 0 aliphatic carbocycles. The van der Waals surface area contributed by atoms with Gasteiger partial charge in [0.05, 0.1) is 13.2 Å². The molecule has 0 unspecified atom stereocenters. The van der Waals surface area contributed by atoms with E-state index in [4.69, 9.17) is 15.2 Å². The average molecular weight is 272 g/mol. The van der Waals surface area contributed by atoms with Crippen LogP contribution in [0.1, 0.15) is 27.2 Å². The summed E-state index contributed by atoms with van der Waals surface area (Å²) in [5.41, 5.74) is 4.33. The van der Waals surface area contributed by atoms with Crippen LogP contribution >= 0.6 is 0 Å². The normalized spacial score (nSPS) is 20.7. The van der Waals surface area contributed by atoms with Gasteiger partial charge in [-0.2, -0.15) is 0 Å². The van der Waals surface area contributed by atoms with Crippen molar-refractivity contribution >= 4 is 17.8 Å². The molecule has 1 aliphatic rings. The summed E-state index contributed by atoms with van der Waals surface area (Å²) in [6, 6.07) is -1.01. The number of Topliss-reactive ketones (excluding diaryl/α,β-unsaturated/α-hetero) is 1. The summed E-state index contributed by atoms with van der Waals surface area (Å²) in [7, 11) is 0. The molecular weight excluding hydrogens is 252 g/mol. The van der Waals surface area contributed by atoms with Crippen molar-refractivity contribution in [3.8, 4) is 0 Å². The number of nitrogens with one attached hydrogen (secondary N) is 1. The minimum atomic E-state index is -1.08. The number of primary amides is 1. The first-order valence-corrected chi connectivity index (χ1v) is 6.10. The molecule has 7 nitrogen and oxygen atoms in total. The van der Waals surface area contributed by atoms with E-state index in [0.717, 1.165) is 0 Å². The molecule has 19 heavy (non-hydrogen) atoms. The number of alkyl carbamates (subject to hydrolysis) is 1. The van der Waals surface area contributed by atoms with Crippen LogP contribution in [0.2, 0.25) is 0 Å². The summed E-state index contributed by atoms with van der Waals surface area (Å²) in [5, 5.41) is 2.40. The summed E-state index contributed by atoms with van der Waals surface area (Å²) in [5.74, 6) is -1.92. The number of hydrogen-bond acceptors (Lipinski definition) is 5. The molecule has 1 rings (SSSR count). The van der Waals surface area contributed by atoms with Gasteiger partial charge in [-0.3, -0.25) is 9.59 Å². The Kier molecular flexibility index (Phi) is 4.88. The molecule has 0 spiro atoms. The maximum absolute atomic E-state index is 11.7. The van der Waals surface area contributed by atoms with Crippen molar-refractivity contribution in [1.82, 2.24) is 5.32 Å². The second kappa shape index (κ2) is 6.01. The lowest BCUT2D eigenvalue weighted by Crippen LogP contribution is -2.53. The van der Waals surface area contributed by atoms with Crippen LogP contribution in [0.15, 0.2) is 0 Å². The first-order valence-electron chi connectivity index (χ1n) is 6.10. The predicted octanol–water partition coefficient (Wildman–Crippen LogP) is -0.0294. The van der Waals surface area contributed by atoms with E-state index in [1.165, 1.54) is 0 Å². The molecule has 1 fully saturated rings. The van der Waals surface area contributed by atoms with Crippen molar-refractivity contribution in [3.05, 3.63) is 0 Å². The number of carbonyl (C=O) groups excluding carboxylic acids is 3.